The van der Waals surface area contributed by atoms with Gasteiger partial charge in [0.2, 0.25) is 11.6 Å². The molecule has 4 rings (SSSR count). The standard InChI is InChI=1S/C26H24N2O6/c1-13(29)11-27-21-19(23(31)15-7-3-5-9-17(15)25(21)33)20-22(28-12-14(2)30)26(34)18-10-6-4-8-16(18)24(20)32/h3-10,13-14,27-30H,11-12H2,1-2H3. The number of fused-ring (bicyclic) bond motifs is 2. The first kappa shape index (κ1) is 23.3. The molecule has 0 aliphatic heterocycles. The van der Waals surface area contributed by atoms with Crippen LogP contribution in [0.25, 0.3) is 0 Å². The van der Waals surface area contributed by atoms with Gasteiger partial charge >= 0.3 is 0 Å². The lowest BCUT2D eigenvalue weighted by Gasteiger charge is -2.28. The Morgan fingerprint density at radius 3 is 1.18 bits per heavy atom. The second-order valence-corrected chi connectivity index (χ2v) is 8.37. The zero-order valence-electron chi connectivity index (χ0n) is 18.7. The van der Waals surface area contributed by atoms with Gasteiger partial charge in [-0.2, -0.15) is 0 Å². The lowest BCUT2D eigenvalue weighted by molar-refractivity contribution is 0.0943. The summed E-state index contributed by atoms with van der Waals surface area (Å²) in [6, 6.07) is 12.5. The van der Waals surface area contributed by atoms with Crippen molar-refractivity contribution in [2.75, 3.05) is 13.1 Å². The van der Waals surface area contributed by atoms with Gasteiger partial charge in [-0.1, -0.05) is 48.5 Å². The van der Waals surface area contributed by atoms with E-state index in [1.807, 2.05) is 0 Å². The molecule has 0 aromatic heterocycles. The molecule has 4 N–H and O–H groups in total. The lowest BCUT2D eigenvalue weighted by atomic mass is 9.77. The molecule has 8 nitrogen and oxygen atoms in total. The minimum atomic E-state index is -0.847. The molecular formula is C26H24N2O6. The van der Waals surface area contributed by atoms with Crippen molar-refractivity contribution in [2.45, 2.75) is 26.1 Å². The number of hydrogen-bond acceptors (Lipinski definition) is 8. The quantitative estimate of drug-likeness (QED) is 0.490. The Kier molecular flexibility index (Phi) is 6.28. The average Bonchev–Trinajstić information content (AvgIpc) is 2.82. The summed E-state index contributed by atoms with van der Waals surface area (Å²) in [5.74, 6) is -2.22. The van der Waals surface area contributed by atoms with E-state index in [1.165, 1.54) is 38.1 Å². The number of carbonyl (C=O) groups is 4. The van der Waals surface area contributed by atoms with Crippen LogP contribution in [0.1, 0.15) is 55.3 Å². The van der Waals surface area contributed by atoms with Gasteiger partial charge < -0.3 is 20.8 Å². The first-order chi connectivity index (χ1) is 16.2. The lowest BCUT2D eigenvalue weighted by Crippen LogP contribution is -2.39. The third kappa shape index (κ3) is 3.98. The molecule has 2 aliphatic rings. The fourth-order valence-corrected chi connectivity index (χ4v) is 4.06. The molecule has 0 amide bonds. The second kappa shape index (κ2) is 9.17. The summed E-state index contributed by atoms with van der Waals surface area (Å²) in [6.45, 7) is 2.92. The molecular weight excluding hydrogens is 436 g/mol. The van der Waals surface area contributed by atoms with E-state index in [9.17, 15) is 29.4 Å². The van der Waals surface area contributed by atoms with Gasteiger partial charge in [-0.3, -0.25) is 19.2 Å². The molecule has 2 atom stereocenters. The Morgan fingerprint density at radius 1 is 0.588 bits per heavy atom. The van der Waals surface area contributed by atoms with Crippen molar-refractivity contribution in [3.63, 3.8) is 0 Å². The maximum absolute atomic E-state index is 13.7. The number of ketones is 4. The van der Waals surface area contributed by atoms with Crippen molar-refractivity contribution < 1.29 is 29.4 Å². The molecule has 0 spiro atoms. The number of rotatable bonds is 7. The van der Waals surface area contributed by atoms with Crippen molar-refractivity contribution >= 4 is 23.1 Å². The maximum Gasteiger partial charge on any atom is 0.210 e. The van der Waals surface area contributed by atoms with E-state index >= 15 is 0 Å². The monoisotopic (exact) mass is 460 g/mol. The normalized spacial score (nSPS) is 17.4. The van der Waals surface area contributed by atoms with E-state index in [2.05, 4.69) is 10.6 Å². The molecule has 0 radical (unpaired) electrons. The summed E-state index contributed by atoms with van der Waals surface area (Å²) in [6.07, 6.45) is -1.69. The van der Waals surface area contributed by atoms with Gasteiger partial charge in [0.1, 0.15) is 0 Å². The molecule has 34 heavy (non-hydrogen) atoms. The van der Waals surface area contributed by atoms with Gasteiger partial charge in [-0.25, -0.2) is 0 Å². The number of hydrogen-bond donors (Lipinski definition) is 4. The SMILES string of the molecule is CC(O)CNC1=C(C2=C(NCC(C)O)C(=O)c3ccccc3C2=O)C(=O)c2ccccc2C1=O. The zero-order valence-corrected chi connectivity index (χ0v) is 18.7. The van der Waals surface area contributed by atoms with Gasteiger partial charge in [0.05, 0.1) is 34.7 Å². The summed E-state index contributed by atoms with van der Waals surface area (Å²) >= 11 is 0. The van der Waals surface area contributed by atoms with E-state index in [0.29, 0.717) is 0 Å². The fraction of sp³-hybridized carbons (Fsp3) is 0.231. The highest BCUT2D eigenvalue weighted by Gasteiger charge is 2.41. The average molecular weight is 460 g/mol. The van der Waals surface area contributed by atoms with Crippen LogP contribution in [0.5, 0.6) is 0 Å². The van der Waals surface area contributed by atoms with Crippen molar-refractivity contribution in [2.24, 2.45) is 0 Å². The molecule has 0 heterocycles. The van der Waals surface area contributed by atoms with E-state index in [1.54, 1.807) is 24.3 Å². The van der Waals surface area contributed by atoms with Crippen LogP contribution in [0.2, 0.25) is 0 Å². The maximum atomic E-state index is 13.7. The first-order valence-corrected chi connectivity index (χ1v) is 10.9. The molecule has 8 heteroatoms. The number of aliphatic hydroxyl groups excluding tert-OH is 2. The highest BCUT2D eigenvalue weighted by atomic mass is 16.3. The zero-order chi connectivity index (χ0) is 24.6. The van der Waals surface area contributed by atoms with Crippen molar-refractivity contribution in [3.8, 4) is 0 Å². The molecule has 0 bridgehead atoms. The molecule has 2 aromatic rings. The van der Waals surface area contributed by atoms with Crippen molar-refractivity contribution in [1.29, 1.82) is 0 Å². The molecule has 2 aromatic carbocycles. The smallest absolute Gasteiger partial charge is 0.210 e. The molecule has 0 fully saturated rings. The fourth-order valence-electron chi connectivity index (χ4n) is 4.06. The molecule has 0 saturated carbocycles. The highest BCUT2D eigenvalue weighted by molar-refractivity contribution is 6.36. The predicted octanol–water partition coefficient (Wildman–Crippen LogP) is 1.59. The number of nitrogens with one attached hydrogen (secondary N) is 2. The highest BCUT2D eigenvalue weighted by Crippen LogP contribution is 2.36. The summed E-state index contributed by atoms with van der Waals surface area (Å²) in [5, 5.41) is 25.2. The predicted molar refractivity (Wildman–Crippen MR) is 124 cm³/mol. The van der Waals surface area contributed by atoms with Crippen LogP contribution in [0.3, 0.4) is 0 Å². The number of allylic oxidation sites excluding steroid dienone is 4. The summed E-state index contributed by atoms with van der Waals surface area (Å²) in [4.78, 5) is 54.2. The number of carbonyl (C=O) groups excluding carboxylic acids is 4. The van der Waals surface area contributed by atoms with E-state index < -0.39 is 35.3 Å². The van der Waals surface area contributed by atoms with Crippen LogP contribution >= 0.6 is 0 Å². The van der Waals surface area contributed by atoms with Gasteiger partial charge in [-0.15, -0.1) is 0 Å². The minimum Gasteiger partial charge on any atom is -0.392 e. The molecule has 2 aliphatic carbocycles. The van der Waals surface area contributed by atoms with Gasteiger partial charge in [-0.05, 0) is 13.8 Å². The Balaban J connectivity index is 2.00. The minimum absolute atomic E-state index is 0.0531. The van der Waals surface area contributed by atoms with Gasteiger partial charge in [0, 0.05) is 35.3 Å². The number of benzene rings is 2. The Hall–Kier alpha value is -3.88. The topological polar surface area (TPSA) is 133 Å². The third-order valence-electron chi connectivity index (χ3n) is 5.64. The van der Waals surface area contributed by atoms with Crippen LogP contribution in [-0.2, 0) is 0 Å². The summed E-state index contributed by atoms with van der Waals surface area (Å²) < 4.78 is 0. The molecule has 0 saturated heterocycles. The van der Waals surface area contributed by atoms with Crippen molar-refractivity contribution in [1.82, 2.24) is 10.6 Å². The number of Topliss-reactive ketones (excluding diaryl/α,β-unsaturated/α-hetero) is 4. The van der Waals surface area contributed by atoms with Crippen LogP contribution in [0, 0.1) is 0 Å². The molecule has 174 valence electrons. The van der Waals surface area contributed by atoms with Crippen LogP contribution < -0.4 is 10.6 Å². The van der Waals surface area contributed by atoms with Crippen LogP contribution in [0.15, 0.2) is 71.1 Å². The van der Waals surface area contributed by atoms with E-state index in [-0.39, 0.29) is 57.9 Å². The Bertz CT molecular complexity index is 1190. The first-order valence-electron chi connectivity index (χ1n) is 10.9. The Morgan fingerprint density at radius 2 is 0.882 bits per heavy atom. The number of aliphatic hydroxyl groups is 2. The van der Waals surface area contributed by atoms with Crippen LogP contribution in [-0.4, -0.2) is 58.6 Å². The third-order valence-corrected chi connectivity index (χ3v) is 5.64. The van der Waals surface area contributed by atoms with Crippen molar-refractivity contribution in [3.05, 3.63) is 93.3 Å². The Labute approximate surface area is 196 Å². The summed E-state index contributed by atoms with van der Waals surface area (Å²) in [7, 11) is 0. The van der Waals surface area contributed by atoms with E-state index in [0.717, 1.165) is 0 Å². The second-order valence-electron chi connectivity index (χ2n) is 8.37. The summed E-state index contributed by atoms with van der Waals surface area (Å²) in [5.41, 5.74) is -0.210. The van der Waals surface area contributed by atoms with E-state index in [4.69, 9.17) is 0 Å². The largest absolute Gasteiger partial charge is 0.392 e. The van der Waals surface area contributed by atoms with Gasteiger partial charge in [0.25, 0.3) is 0 Å². The van der Waals surface area contributed by atoms with Gasteiger partial charge in [0.15, 0.2) is 11.6 Å². The van der Waals surface area contributed by atoms with Crippen LogP contribution in [0.4, 0.5) is 0 Å². The molecule has 2 unspecified atom stereocenters.